The molecule has 3 nitrogen and oxygen atoms in total. The number of aliphatic hydroxyl groups excluding tert-OH is 1. The summed E-state index contributed by atoms with van der Waals surface area (Å²) in [6.45, 7) is -0.562. The molecule has 0 aliphatic heterocycles. The van der Waals surface area contributed by atoms with Gasteiger partial charge in [0.15, 0.2) is 0 Å². The lowest BCUT2D eigenvalue weighted by Gasteiger charge is -2.21. The molecule has 1 aromatic rings. The number of aliphatic hydroxyl groups is 1. The highest BCUT2D eigenvalue weighted by Gasteiger charge is 2.15. The van der Waals surface area contributed by atoms with Crippen molar-refractivity contribution >= 4 is 0 Å². The Kier molecular flexibility index (Phi) is 6.11. The highest BCUT2D eigenvalue weighted by Crippen LogP contribution is 2.15. The van der Waals surface area contributed by atoms with Crippen LogP contribution >= 0.6 is 0 Å². The summed E-state index contributed by atoms with van der Waals surface area (Å²) in [6.07, 6.45) is -2.52. The van der Waals surface area contributed by atoms with Gasteiger partial charge in [-0.1, -0.05) is 18.2 Å². The number of nitrogens with zero attached hydrogens (tertiary/aromatic N) is 1. The lowest BCUT2D eigenvalue weighted by atomic mass is 10.1. The summed E-state index contributed by atoms with van der Waals surface area (Å²) in [6, 6.07) is 4.73. The van der Waals surface area contributed by atoms with Crippen molar-refractivity contribution in [3.05, 3.63) is 35.1 Å². The summed E-state index contributed by atoms with van der Waals surface area (Å²) < 4.78 is 38.5. The van der Waals surface area contributed by atoms with Gasteiger partial charge >= 0.3 is 0 Å². The average molecular weight is 262 g/mol. The molecule has 1 aromatic carbocycles. The highest BCUT2D eigenvalue weighted by atomic mass is 19.3. The van der Waals surface area contributed by atoms with Crippen molar-refractivity contribution in [2.75, 3.05) is 19.7 Å². The van der Waals surface area contributed by atoms with E-state index >= 15 is 0 Å². The van der Waals surface area contributed by atoms with Gasteiger partial charge in [-0.25, -0.2) is 13.2 Å². The molecule has 0 atom stereocenters. The third-order valence-corrected chi connectivity index (χ3v) is 2.58. The van der Waals surface area contributed by atoms with Crippen LogP contribution in [0.3, 0.4) is 0 Å². The summed E-state index contributed by atoms with van der Waals surface area (Å²) in [4.78, 5) is 1.31. The summed E-state index contributed by atoms with van der Waals surface area (Å²) in [5, 5.41) is 8.80. The zero-order valence-corrected chi connectivity index (χ0v) is 9.95. The Bertz CT molecular complexity index is 374. The molecule has 0 fully saturated rings. The maximum atomic E-state index is 13.9. The lowest BCUT2D eigenvalue weighted by Crippen LogP contribution is -2.31. The summed E-state index contributed by atoms with van der Waals surface area (Å²) in [5.41, 5.74) is 6.04. The third-order valence-electron chi connectivity index (χ3n) is 2.58. The maximum absolute atomic E-state index is 13.9. The van der Waals surface area contributed by atoms with Gasteiger partial charge in [0.1, 0.15) is 5.82 Å². The van der Waals surface area contributed by atoms with E-state index in [4.69, 9.17) is 10.8 Å². The molecule has 0 bridgehead atoms. The molecular formula is C12H17F3N2O. The van der Waals surface area contributed by atoms with E-state index in [1.807, 2.05) is 0 Å². The zero-order chi connectivity index (χ0) is 13.5. The van der Waals surface area contributed by atoms with Crippen LogP contribution in [-0.4, -0.2) is 36.1 Å². The molecule has 0 saturated heterocycles. The van der Waals surface area contributed by atoms with Gasteiger partial charge in [-0.05, 0) is 0 Å². The van der Waals surface area contributed by atoms with Gasteiger partial charge in [-0.2, -0.15) is 0 Å². The third kappa shape index (κ3) is 4.29. The Morgan fingerprint density at radius 2 is 1.94 bits per heavy atom. The Morgan fingerprint density at radius 1 is 1.28 bits per heavy atom. The van der Waals surface area contributed by atoms with Crippen molar-refractivity contribution in [3.63, 3.8) is 0 Å². The normalized spacial score (nSPS) is 11.5. The lowest BCUT2D eigenvalue weighted by molar-refractivity contribution is 0.0740. The molecule has 1 rings (SSSR count). The summed E-state index contributed by atoms with van der Waals surface area (Å²) in [7, 11) is 0. The second-order valence-corrected chi connectivity index (χ2v) is 3.94. The molecule has 18 heavy (non-hydrogen) atoms. The minimum Gasteiger partial charge on any atom is -0.395 e. The van der Waals surface area contributed by atoms with E-state index in [-0.39, 0.29) is 26.2 Å². The first-order valence-corrected chi connectivity index (χ1v) is 5.66. The van der Waals surface area contributed by atoms with Crippen LogP contribution < -0.4 is 5.73 Å². The number of hydrogen-bond donors (Lipinski definition) is 2. The fourth-order valence-corrected chi connectivity index (χ4v) is 1.73. The van der Waals surface area contributed by atoms with Crippen LogP contribution in [0.4, 0.5) is 13.2 Å². The van der Waals surface area contributed by atoms with Gasteiger partial charge in [0.05, 0.1) is 13.2 Å². The van der Waals surface area contributed by atoms with Gasteiger partial charge in [-0.3, -0.25) is 4.90 Å². The van der Waals surface area contributed by atoms with E-state index in [0.717, 1.165) is 0 Å². The van der Waals surface area contributed by atoms with Crippen molar-refractivity contribution in [2.24, 2.45) is 5.73 Å². The van der Waals surface area contributed by atoms with Crippen LogP contribution in [0.25, 0.3) is 0 Å². The first-order valence-electron chi connectivity index (χ1n) is 5.66. The number of rotatable bonds is 7. The zero-order valence-electron chi connectivity index (χ0n) is 9.95. The molecule has 0 aromatic heterocycles. The summed E-state index contributed by atoms with van der Waals surface area (Å²) in [5.74, 6) is -0.461. The summed E-state index contributed by atoms with van der Waals surface area (Å²) >= 11 is 0. The molecule has 102 valence electrons. The van der Waals surface area contributed by atoms with Crippen molar-refractivity contribution in [1.29, 1.82) is 0 Å². The Labute approximate surface area is 104 Å². The Morgan fingerprint density at radius 3 is 2.50 bits per heavy atom. The first kappa shape index (κ1) is 14.9. The van der Waals surface area contributed by atoms with Crippen molar-refractivity contribution < 1.29 is 18.3 Å². The molecule has 0 aliphatic rings. The number of hydrogen-bond acceptors (Lipinski definition) is 3. The van der Waals surface area contributed by atoms with E-state index in [0.29, 0.717) is 11.1 Å². The highest BCUT2D eigenvalue weighted by molar-refractivity contribution is 5.25. The van der Waals surface area contributed by atoms with Crippen molar-refractivity contribution in [2.45, 2.75) is 19.5 Å². The topological polar surface area (TPSA) is 49.5 Å². The smallest absolute Gasteiger partial charge is 0.251 e. The molecule has 0 radical (unpaired) electrons. The van der Waals surface area contributed by atoms with Crippen LogP contribution in [0, 0.1) is 5.82 Å². The van der Waals surface area contributed by atoms with Crippen molar-refractivity contribution in [1.82, 2.24) is 4.90 Å². The van der Waals surface area contributed by atoms with Crippen LogP contribution in [-0.2, 0) is 13.1 Å². The van der Waals surface area contributed by atoms with E-state index < -0.39 is 18.8 Å². The molecular weight excluding hydrogens is 245 g/mol. The van der Waals surface area contributed by atoms with E-state index in [2.05, 4.69) is 0 Å². The van der Waals surface area contributed by atoms with Gasteiger partial charge in [0, 0.05) is 30.8 Å². The second-order valence-electron chi connectivity index (χ2n) is 3.94. The first-order chi connectivity index (χ1) is 8.58. The fraction of sp³-hybridized carbons (Fsp3) is 0.500. The van der Waals surface area contributed by atoms with E-state index in [1.54, 1.807) is 12.1 Å². The van der Waals surface area contributed by atoms with E-state index in [9.17, 15) is 13.2 Å². The molecule has 0 heterocycles. The van der Waals surface area contributed by atoms with Crippen LogP contribution in [0.15, 0.2) is 18.2 Å². The Hall–Kier alpha value is -1.11. The van der Waals surface area contributed by atoms with Crippen LogP contribution in [0.5, 0.6) is 0 Å². The Balaban J connectivity index is 2.79. The minimum atomic E-state index is -2.52. The number of nitrogens with two attached hydrogens (primary N) is 1. The van der Waals surface area contributed by atoms with Gasteiger partial charge in [0.2, 0.25) is 0 Å². The molecule has 0 saturated carbocycles. The number of alkyl halides is 2. The fourth-order valence-electron chi connectivity index (χ4n) is 1.73. The average Bonchev–Trinajstić information content (AvgIpc) is 2.31. The van der Waals surface area contributed by atoms with Crippen molar-refractivity contribution in [3.8, 4) is 0 Å². The van der Waals surface area contributed by atoms with E-state index in [1.165, 1.54) is 11.0 Å². The number of halogens is 3. The predicted molar refractivity (Wildman–Crippen MR) is 62.7 cm³/mol. The monoisotopic (exact) mass is 262 g/mol. The van der Waals surface area contributed by atoms with Crippen LogP contribution in [0.2, 0.25) is 0 Å². The quantitative estimate of drug-likeness (QED) is 0.779. The standard InChI is InChI=1S/C12H17F3N2O/c13-11(14)8-17(4-5-18)7-10-3-1-2-9(6-16)12(10)15/h1-3,11,18H,4-8,16H2. The van der Waals surface area contributed by atoms with Gasteiger partial charge < -0.3 is 10.8 Å². The number of benzene rings is 1. The predicted octanol–water partition coefficient (Wildman–Crippen LogP) is 1.34. The molecule has 6 heteroatoms. The minimum absolute atomic E-state index is 0.0323. The SMILES string of the molecule is NCc1cccc(CN(CCO)CC(F)F)c1F. The molecule has 0 spiro atoms. The van der Waals surface area contributed by atoms with Gasteiger partial charge in [-0.15, -0.1) is 0 Å². The molecule has 0 amide bonds. The second kappa shape index (κ2) is 7.35. The maximum Gasteiger partial charge on any atom is 0.251 e. The molecule has 0 aliphatic carbocycles. The molecule has 0 unspecified atom stereocenters. The molecule has 3 N–H and O–H groups in total. The largest absolute Gasteiger partial charge is 0.395 e. The van der Waals surface area contributed by atoms with Crippen LogP contribution in [0.1, 0.15) is 11.1 Å². The van der Waals surface area contributed by atoms with Gasteiger partial charge in [0.25, 0.3) is 6.43 Å².